The third-order valence-electron chi connectivity index (χ3n) is 2.00. The second-order valence-electron chi connectivity index (χ2n) is 3.18. The average Bonchev–Trinajstić information content (AvgIpc) is 2.31. The van der Waals surface area contributed by atoms with Gasteiger partial charge in [0.15, 0.2) is 5.75 Å². The quantitative estimate of drug-likeness (QED) is 0.606. The van der Waals surface area contributed by atoms with Crippen LogP contribution >= 0.6 is 0 Å². The summed E-state index contributed by atoms with van der Waals surface area (Å²) in [7, 11) is 0. The molecule has 0 bridgehead atoms. The second-order valence-corrected chi connectivity index (χ2v) is 3.18. The van der Waals surface area contributed by atoms with Crippen molar-refractivity contribution in [3.8, 4) is 11.5 Å². The molecule has 0 aliphatic rings. The molecule has 0 aliphatic carbocycles. The van der Waals surface area contributed by atoms with Gasteiger partial charge in [0.25, 0.3) is 0 Å². The summed E-state index contributed by atoms with van der Waals surface area (Å²) < 4.78 is 5.59. The lowest BCUT2D eigenvalue weighted by Gasteiger charge is -2.08. The molecule has 1 aromatic carbocycles. The van der Waals surface area contributed by atoms with E-state index in [0.717, 1.165) is 0 Å². The minimum atomic E-state index is -0.105. The molecule has 0 radical (unpaired) electrons. The van der Waals surface area contributed by atoms with Crippen molar-refractivity contribution in [2.75, 3.05) is 0 Å². The molecule has 4 nitrogen and oxygen atoms in total. The van der Waals surface area contributed by atoms with E-state index in [0.29, 0.717) is 17.2 Å². The van der Waals surface area contributed by atoms with Gasteiger partial charge in [0, 0.05) is 6.20 Å². The summed E-state index contributed by atoms with van der Waals surface area (Å²) in [5, 5.41) is 7.38. The number of aromatic nitrogens is 1. The minimum absolute atomic E-state index is 0.105. The maximum atomic E-state index is 7.38. The van der Waals surface area contributed by atoms with Gasteiger partial charge in [-0.25, -0.2) is 4.98 Å². The van der Waals surface area contributed by atoms with Crippen LogP contribution in [0.25, 0.3) is 0 Å². The first kappa shape index (κ1) is 10.2. The SMILES string of the molecule is N=C(N)c1ncccc1Oc1ccccc1. The van der Waals surface area contributed by atoms with Crippen LogP contribution in [0, 0.1) is 5.41 Å². The van der Waals surface area contributed by atoms with Gasteiger partial charge in [-0.05, 0) is 24.3 Å². The first-order chi connectivity index (χ1) is 7.77. The van der Waals surface area contributed by atoms with Crippen LogP contribution in [0.4, 0.5) is 0 Å². The molecule has 0 atom stereocenters. The Kier molecular flexibility index (Phi) is 2.82. The van der Waals surface area contributed by atoms with E-state index in [1.54, 1.807) is 18.3 Å². The van der Waals surface area contributed by atoms with Crippen LogP contribution in [0.2, 0.25) is 0 Å². The molecule has 0 saturated heterocycles. The Labute approximate surface area is 93.2 Å². The summed E-state index contributed by atoms with van der Waals surface area (Å²) in [6, 6.07) is 12.8. The highest BCUT2D eigenvalue weighted by Gasteiger charge is 2.07. The van der Waals surface area contributed by atoms with Crippen molar-refractivity contribution in [1.82, 2.24) is 4.98 Å². The maximum Gasteiger partial charge on any atom is 0.156 e. The largest absolute Gasteiger partial charge is 0.455 e. The van der Waals surface area contributed by atoms with E-state index in [1.165, 1.54) is 0 Å². The Morgan fingerprint density at radius 3 is 2.56 bits per heavy atom. The summed E-state index contributed by atoms with van der Waals surface area (Å²) in [5.74, 6) is 1.07. The van der Waals surface area contributed by atoms with Crippen molar-refractivity contribution < 1.29 is 4.74 Å². The molecule has 0 saturated carbocycles. The van der Waals surface area contributed by atoms with Crippen LogP contribution in [-0.4, -0.2) is 10.8 Å². The molecule has 1 heterocycles. The van der Waals surface area contributed by atoms with Crippen LogP contribution < -0.4 is 10.5 Å². The summed E-state index contributed by atoms with van der Waals surface area (Å²) in [6.45, 7) is 0. The van der Waals surface area contributed by atoms with E-state index in [4.69, 9.17) is 15.9 Å². The van der Waals surface area contributed by atoms with E-state index >= 15 is 0 Å². The normalized spacial score (nSPS) is 9.75. The van der Waals surface area contributed by atoms with Crippen LogP contribution in [0.1, 0.15) is 5.69 Å². The fourth-order valence-corrected chi connectivity index (χ4v) is 1.29. The summed E-state index contributed by atoms with van der Waals surface area (Å²) in [4.78, 5) is 4.00. The Hall–Kier alpha value is -2.36. The van der Waals surface area contributed by atoms with E-state index in [-0.39, 0.29) is 5.84 Å². The molecule has 2 aromatic rings. The zero-order valence-corrected chi connectivity index (χ0v) is 8.55. The fourth-order valence-electron chi connectivity index (χ4n) is 1.29. The summed E-state index contributed by atoms with van der Waals surface area (Å²) in [5.41, 5.74) is 5.76. The van der Waals surface area contributed by atoms with Crippen LogP contribution in [0.3, 0.4) is 0 Å². The Balaban J connectivity index is 2.31. The van der Waals surface area contributed by atoms with Gasteiger partial charge in [0.05, 0.1) is 0 Å². The maximum absolute atomic E-state index is 7.38. The van der Waals surface area contributed by atoms with Crippen molar-refractivity contribution in [1.29, 1.82) is 5.41 Å². The number of hydrogen-bond acceptors (Lipinski definition) is 3. The van der Waals surface area contributed by atoms with Crippen LogP contribution in [0.15, 0.2) is 48.7 Å². The molecule has 0 unspecified atom stereocenters. The molecule has 2 rings (SSSR count). The molecular formula is C12H11N3O. The van der Waals surface area contributed by atoms with Gasteiger partial charge in [-0.3, -0.25) is 5.41 Å². The summed E-state index contributed by atoms with van der Waals surface area (Å²) in [6.07, 6.45) is 1.58. The van der Waals surface area contributed by atoms with Crippen molar-refractivity contribution in [2.24, 2.45) is 5.73 Å². The third-order valence-corrected chi connectivity index (χ3v) is 2.00. The predicted octanol–water partition coefficient (Wildman–Crippen LogP) is 2.16. The van der Waals surface area contributed by atoms with Crippen LogP contribution in [0.5, 0.6) is 11.5 Å². The van der Waals surface area contributed by atoms with Crippen molar-refractivity contribution in [2.45, 2.75) is 0 Å². The van der Waals surface area contributed by atoms with E-state index in [2.05, 4.69) is 4.98 Å². The van der Waals surface area contributed by atoms with Gasteiger partial charge in [0.2, 0.25) is 0 Å². The van der Waals surface area contributed by atoms with E-state index in [1.807, 2.05) is 30.3 Å². The van der Waals surface area contributed by atoms with Crippen molar-refractivity contribution >= 4 is 5.84 Å². The molecule has 80 valence electrons. The minimum Gasteiger partial charge on any atom is -0.455 e. The monoisotopic (exact) mass is 213 g/mol. The number of nitrogens with one attached hydrogen (secondary N) is 1. The van der Waals surface area contributed by atoms with Gasteiger partial charge in [0.1, 0.15) is 17.3 Å². The zero-order chi connectivity index (χ0) is 11.4. The standard InChI is InChI=1S/C12H11N3O/c13-12(14)11-10(7-4-8-15-11)16-9-5-2-1-3-6-9/h1-8H,(H3,13,14). The molecule has 3 N–H and O–H groups in total. The van der Waals surface area contributed by atoms with E-state index in [9.17, 15) is 0 Å². The van der Waals surface area contributed by atoms with Gasteiger partial charge in [-0.1, -0.05) is 18.2 Å². The lowest BCUT2D eigenvalue weighted by Crippen LogP contribution is -2.14. The lowest BCUT2D eigenvalue weighted by molar-refractivity contribution is 0.479. The average molecular weight is 213 g/mol. The Bertz CT molecular complexity index is 497. The predicted molar refractivity (Wildman–Crippen MR) is 61.8 cm³/mol. The van der Waals surface area contributed by atoms with Gasteiger partial charge in [-0.2, -0.15) is 0 Å². The van der Waals surface area contributed by atoms with Crippen LogP contribution in [-0.2, 0) is 0 Å². The highest BCUT2D eigenvalue weighted by Crippen LogP contribution is 2.22. The first-order valence-electron chi connectivity index (χ1n) is 4.79. The lowest BCUT2D eigenvalue weighted by atomic mass is 10.3. The van der Waals surface area contributed by atoms with Gasteiger partial charge in [-0.15, -0.1) is 0 Å². The second kappa shape index (κ2) is 4.44. The Morgan fingerprint density at radius 1 is 1.12 bits per heavy atom. The number of pyridine rings is 1. The molecule has 1 aromatic heterocycles. The van der Waals surface area contributed by atoms with Gasteiger partial charge >= 0.3 is 0 Å². The molecule has 16 heavy (non-hydrogen) atoms. The molecular weight excluding hydrogens is 202 g/mol. The number of ether oxygens (including phenoxy) is 1. The highest BCUT2D eigenvalue weighted by molar-refractivity contribution is 5.95. The van der Waals surface area contributed by atoms with Gasteiger partial charge < -0.3 is 10.5 Å². The topological polar surface area (TPSA) is 72.0 Å². The smallest absolute Gasteiger partial charge is 0.156 e. The highest BCUT2D eigenvalue weighted by atomic mass is 16.5. The number of amidine groups is 1. The number of nitrogens with zero attached hydrogens (tertiary/aromatic N) is 1. The molecule has 4 heteroatoms. The fraction of sp³-hybridized carbons (Fsp3) is 0. The number of rotatable bonds is 3. The number of nitrogen functional groups attached to an aromatic ring is 1. The Morgan fingerprint density at radius 2 is 1.88 bits per heavy atom. The van der Waals surface area contributed by atoms with E-state index < -0.39 is 0 Å². The molecule has 0 spiro atoms. The number of benzene rings is 1. The van der Waals surface area contributed by atoms with Crippen molar-refractivity contribution in [3.63, 3.8) is 0 Å². The number of hydrogen-bond donors (Lipinski definition) is 2. The zero-order valence-electron chi connectivity index (χ0n) is 8.55. The molecule has 0 amide bonds. The number of para-hydroxylation sites is 1. The van der Waals surface area contributed by atoms with Crippen molar-refractivity contribution in [3.05, 3.63) is 54.4 Å². The first-order valence-corrected chi connectivity index (χ1v) is 4.79. The number of nitrogens with two attached hydrogens (primary N) is 1. The molecule has 0 aliphatic heterocycles. The summed E-state index contributed by atoms with van der Waals surface area (Å²) >= 11 is 0. The molecule has 0 fully saturated rings. The third kappa shape index (κ3) is 2.17.